The van der Waals surface area contributed by atoms with Crippen molar-refractivity contribution in [2.75, 3.05) is 39.8 Å². The third-order valence-electron chi connectivity index (χ3n) is 3.25. The van der Waals surface area contributed by atoms with Gasteiger partial charge in [0, 0.05) is 13.2 Å². The van der Waals surface area contributed by atoms with Crippen molar-refractivity contribution < 1.29 is 5.11 Å². The van der Waals surface area contributed by atoms with Gasteiger partial charge < -0.3 is 15.3 Å². The molecule has 0 saturated carbocycles. The Bertz CT molecular complexity index is 153. The van der Waals surface area contributed by atoms with Crippen LogP contribution in [-0.4, -0.2) is 49.8 Å². The van der Waals surface area contributed by atoms with E-state index in [1.165, 1.54) is 51.9 Å². The zero-order valence-corrected chi connectivity index (χ0v) is 10.0. The number of unbranched alkanes of at least 4 members (excludes halogenated alkanes) is 3. The Hall–Kier alpha value is -0.120. The highest BCUT2D eigenvalue weighted by molar-refractivity contribution is 4.76. The van der Waals surface area contributed by atoms with Gasteiger partial charge in [-0.3, -0.25) is 0 Å². The molecule has 15 heavy (non-hydrogen) atoms. The minimum Gasteiger partial charge on any atom is -0.396 e. The summed E-state index contributed by atoms with van der Waals surface area (Å²) in [5.74, 6) is 0.868. The number of nitrogens with one attached hydrogen (secondary N) is 1. The number of rotatable bonds is 8. The van der Waals surface area contributed by atoms with Crippen molar-refractivity contribution in [3.05, 3.63) is 0 Å². The molecule has 1 saturated heterocycles. The summed E-state index contributed by atoms with van der Waals surface area (Å²) in [6.07, 6.45) is 6.09. The minimum absolute atomic E-state index is 0.355. The zero-order chi connectivity index (χ0) is 10.9. The number of nitrogens with zero attached hydrogens (tertiary/aromatic N) is 1. The van der Waals surface area contributed by atoms with Crippen molar-refractivity contribution in [2.45, 2.75) is 32.1 Å². The van der Waals surface area contributed by atoms with Gasteiger partial charge in [0.1, 0.15) is 0 Å². The van der Waals surface area contributed by atoms with Gasteiger partial charge in [-0.25, -0.2) is 0 Å². The first-order chi connectivity index (χ1) is 7.36. The van der Waals surface area contributed by atoms with Crippen LogP contribution in [0.1, 0.15) is 32.1 Å². The van der Waals surface area contributed by atoms with Gasteiger partial charge in [-0.2, -0.15) is 0 Å². The maximum Gasteiger partial charge on any atom is 0.0431 e. The fourth-order valence-electron chi connectivity index (χ4n) is 2.37. The van der Waals surface area contributed by atoms with Gasteiger partial charge in [0.25, 0.3) is 0 Å². The fourth-order valence-corrected chi connectivity index (χ4v) is 2.37. The van der Waals surface area contributed by atoms with Crippen LogP contribution in [0.2, 0.25) is 0 Å². The highest BCUT2D eigenvalue weighted by atomic mass is 16.2. The minimum atomic E-state index is 0.355. The second-order valence-corrected chi connectivity index (χ2v) is 4.65. The van der Waals surface area contributed by atoms with Crippen LogP contribution in [0, 0.1) is 5.92 Å². The number of hydrogen-bond acceptors (Lipinski definition) is 3. The molecule has 0 spiro atoms. The molecule has 1 unspecified atom stereocenters. The molecule has 0 aliphatic carbocycles. The molecule has 0 radical (unpaired) electrons. The molecule has 1 aliphatic rings. The third-order valence-corrected chi connectivity index (χ3v) is 3.25. The Morgan fingerprint density at radius 1 is 1.27 bits per heavy atom. The van der Waals surface area contributed by atoms with E-state index in [1.807, 2.05) is 7.05 Å². The maximum absolute atomic E-state index is 8.65. The molecule has 0 amide bonds. The van der Waals surface area contributed by atoms with E-state index in [0.717, 1.165) is 12.3 Å². The molecule has 0 aromatic rings. The quantitative estimate of drug-likeness (QED) is 0.594. The van der Waals surface area contributed by atoms with Crippen LogP contribution in [0.4, 0.5) is 0 Å². The van der Waals surface area contributed by atoms with E-state index < -0.39 is 0 Å². The number of hydrogen-bond donors (Lipinski definition) is 2. The smallest absolute Gasteiger partial charge is 0.0431 e. The SMILES string of the molecule is CNCC1CCN(CCCCCCO)C1. The molecule has 0 bridgehead atoms. The molecule has 1 fully saturated rings. The number of aliphatic hydroxyl groups is 1. The van der Waals surface area contributed by atoms with E-state index in [2.05, 4.69) is 10.2 Å². The van der Waals surface area contributed by atoms with Gasteiger partial charge in [-0.15, -0.1) is 0 Å². The van der Waals surface area contributed by atoms with Gasteiger partial charge in [-0.1, -0.05) is 12.8 Å². The monoisotopic (exact) mass is 214 g/mol. The highest BCUT2D eigenvalue weighted by Crippen LogP contribution is 2.15. The lowest BCUT2D eigenvalue weighted by Crippen LogP contribution is -2.25. The van der Waals surface area contributed by atoms with Gasteiger partial charge in [0.2, 0.25) is 0 Å². The van der Waals surface area contributed by atoms with Crippen LogP contribution in [0.5, 0.6) is 0 Å². The summed E-state index contributed by atoms with van der Waals surface area (Å²) in [4.78, 5) is 2.58. The predicted molar refractivity (Wildman–Crippen MR) is 64.0 cm³/mol. The molecule has 1 heterocycles. The standard InChI is InChI=1S/C12H26N2O/c1-13-10-12-6-8-14(11-12)7-4-2-3-5-9-15/h12-13,15H,2-11H2,1H3. The average molecular weight is 214 g/mol. The molecule has 1 atom stereocenters. The fraction of sp³-hybridized carbons (Fsp3) is 1.00. The normalized spacial score (nSPS) is 22.4. The first-order valence-electron chi connectivity index (χ1n) is 6.34. The lowest BCUT2D eigenvalue weighted by atomic mass is 10.1. The molecule has 1 rings (SSSR count). The van der Waals surface area contributed by atoms with Crippen LogP contribution in [-0.2, 0) is 0 Å². The predicted octanol–water partition coefficient (Wildman–Crippen LogP) is 1.08. The molecule has 0 aromatic heterocycles. The van der Waals surface area contributed by atoms with Crippen LogP contribution in [0.15, 0.2) is 0 Å². The van der Waals surface area contributed by atoms with E-state index >= 15 is 0 Å². The summed E-state index contributed by atoms with van der Waals surface area (Å²) in [6, 6.07) is 0. The van der Waals surface area contributed by atoms with Crippen molar-refractivity contribution in [1.82, 2.24) is 10.2 Å². The largest absolute Gasteiger partial charge is 0.396 e. The van der Waals surface area contributed by atoms with Gasteiger partial charge in [-0.05, 0) is 51.9 Å². The van der Waals surface area contributed by atoms with Crippen molar-refractivity contribution >= 4 is 0 Å². The van der Waals surface area contributed by atoms with E-state index in [-0.39, 0.29) is 0 Å². The second kappa shape index (κ2) is 8.08. The molecular weight excluding hydrogens is 188 g/mol. The van der Waals surface area contributed by atoms with Gasteiger partial charge >= 0.3 is 0 Å². The molecular formula is C12H26N2O. The Morgan fingerprint density at radius 3 is 2.80 bits per heavy atom. The van der Waals surface area contributed by atoms with Crippen molar-refractivity contribution in [3.8, 4) is 0 Å². The van der Waals surface area contributed by atoms with Crippen molar-refractivity contribution in [2.24, 2.45) is 5.92 Å². The summed E-state index contributed by atoms with van der Waals surface area (Å²) >= 11 is 0. The Morgan fingerprint density at radius 2 is 2.07 bits per heavy atom. The van der Waals surface area contributed by atoms with E-state index in [9.17, 15) is 0 Å². The van der Waals surface area contributed by atoms with Crippen molar-refractivity contribution in [3.63, 3.8) is 0 Å². The molecule has 90 valence electrons. The molecule has 3 heteroatoms. The summed E-state index contributed by atoms with van der Waals surface area (Å²) < 4.78 is 0. The van der Waals surface area contributed by atoms with E-state index in [0.29, 0.717) is 6.61 Å². The molecule has 0 aromatic carbocycles. The maximum atomic E-state index is 8.65. The van der Waals surface area contributed by atoms with Crippen LogP contribution < -0.4 is 5.32 Å². The number of aliphatic hydroxyl groups excluding tert-OH is 1. The van der Waals surface area contributed by atoms with Crippen LogP contribution >= 0.6 is 0 Å². The first-order valence-corrected chi connectivity index (χ1v) is 6.34. The lowest BCUT2D eigenvalue weighted by Gasteiger charge is -2.15. The second-order valence-electron chi connectivity index (χ2n) is 4.65. The summed E-state index contributed by atoms with van der Waals surface area (Å²) in [5.41, 5.74) is 0. The first kappa shape index (κ1) is 12.9. The topological polar surface area (TPSA) is 35.5 Å². The summed E-state index contributed by atoms with van der Waals surface area (Å²) in [6.45, 7) is 5.34. The van der Waals surface area contributed by atoms with Crippen LogP contribution in [0.25, 0.3) is 0 Å². The van der Waals surface area contributed by atoms with Crippen LogP contribution in [0.3, 0.4) is 0 Å². The Kier molecular flexibility index (Phi) is 6.98. The Labute approximate surface area is 93.9 Å². The van der Waals surface area contributed by atoms with E-state index in [4.69, 9.17) is 5.11 Å². The number of likely N-dealkylation sites (tertiary alicyclic amines) is 1. The van der Waals surface area contributed by atoms with E-state index in [1.54, 1.807) is 0 Å². The third kappa shape index (κ3) is 5.50. The Balaban J connectivity index is 1.94. The molecule has 3 nitrogen and oxygen atoms in total. The average Bonchev–Trinajstić information content (AvgIpc) is 2.66. The van der Waals surface area contributed by atoms with Gasteiger partial charge in [0.15, 0.2) is 0 Å². The lowest BCUT2D eigenvalue weighted by molar-refractivity contribution is 0.277. The summed E-state index contributed by atoms with van der Waals surface area (Å²) in [5, 5.41) is 11.9. The zero-order valence-electron chi connectivity index (χ0n) is 10.0. The molecule has 2 N–H and O–H groups in total. The highest BCUT2D eigenvalue weighted by Gasteiger charge is 2.20. The van der Waals surface area contributed by atoms with Gasteiger partial charge in [0.05, 0.1) is 0 Å². The summed E-state index contributed by atoms with van der Waals surface area (Å²) in [7, 11) is 2.04. The van der Waals surface area contributed by atoms with Crippen molar-refractivity contribution in [1.29, 1.82) is 0 Å². The molecule has 1 aliphatic heterocycles.